The van der Waals surface area contributed by atoms with E-state index in [4.69, 9.17) is 23.2 Å². The van der Waals surface area contributed by atoms with Crippen LogP contribution in [0.3, 0.4) is 0 Å². The minimum atomic E-state index is -0.163. The summed E-state index contributed by atoms with van der Waals surface area (Å²) in [6.07, 6.45) is 4.91. The third kappa shape index (κ3) is 5.18. The Hall–Kier alpha value is -2.63. The summed E-state index contributed by atoms with van der Waals surface area (Å²) in [6, 6.07) is 15.3. The maximum atomic E-state index is 12.3. The topological polar surface area (TPSA) is 51.0 Å². The molecule has 1 heterocycles. The Morgan fingerprint density at radius 1 is 1.15 bits per heavy atom. The third-order valence-electron chi connectivity index (χ3n) is 3.96. The van der Waals surface area contributed by atoms with Gasteiger partial charge in [0.15, 0.2) is 0 Å². The standard InChI is InChI=1S/C20H18Cl2N4O/c1-25(13-16-8-5-9-18(21)20(16)22)19(27)11-10-17-14-26(24-23-17)12-15-6-3-2-4-7-15/h2-11,14H,12-13H2,1H3/b11-10+. The summed E-state index contributed by atoms with van der Waals surface area (Å²) in [5.41, 5.74) is 2.54. The second-order valence-corrected chi connectivity index (χ2v) is 6.85. The Morgan fingerprint density at radius 3 is 2.70 bits per heavy atom. The lowest BCUT2D eigenvalue weighted by Gasteiger charge is -2.16. The van der Waals surface area contributed by atoms with Gasteiger partial charge < -0.3 is 4.90 Å². The van der Waals surface area contributed by atoms with Crippen molar-refractivity contribution in [2.45, 2.75) is 13.1 Å². The highest BCUT2D eigenvalue weighted by atomic mass is 35.5. The monoisotopic (exact) mass is 400 g/mol. The number of amides is 1. The van der Waals surface area contributed by atoms with Gasteiger partial charge in [0.25, 0.3) is 0 Å². The molecule has 0 aliphatic carbocycles. The van der Waals surface area contributed by atoms with E-state index in [-0.39, 0.29) is 5.91 Å². The van der Waals surface area contributed by atoms with E-state index >= 15 is 0 Å². The molecule has 0 spiro atoms. The summed E-state index contributed by atoms with van der Waals surface area (Å²) < 4.78 is 1.73. The summed E-state index contributed by atoms with van der Waals surface area (Å²) >= 11 is 12.2. The van der Waals surface area contributed by atoms with Gasteiger partial charge in [0.2, 0.25) is 5.91 Å². The third-order valence-corrected chi connectivity index (χ3v) is 4.81. The van der Waals surface area contributed by atoms with Crippen LogP contribution in [0.2, 0.25) is 10.0 Å². The minimum absolute atomic E-state index is 0.163. The van der Waals surface area contributed by atoms with E-state index in [9.17, 15) is 4.79 Å². The second-order valence-electron chi connectivity index (χ2n) is 6.07. The second kappa shape index (κ2) is 8.84. The lowest BCUT2D eigenvalue weighted by molar-refractivity contribution is -0.125. The highest BCUT2D eigenvalue weighted by molar-refractivity contribution is 6.42. The number of carbonyl (C=O) groups is 1. The molecule has 138 valence electrons. The van der Waals surface area contributed by atoms with Gasteiger partial charge in [0.05, 0.1) is 22.8 Å². The molecule has 0 radical (unpaired) electrons. The Balaban J connectivity index is 1.60. The molecule has 27 heavy (non-hydrogen) atoms. The average Bonchev–Trinajstić information content (AvgIpc) is 3.11. The normalized spacial score (nSPS) is 11.1. The van der Waals surface area contributed by atoms with Crippen LogP contribution in [0.5, 0.6) is 0 Å². The van der Waals surface area contributed by atoms with Crippen LogP contribution < -0.4 is 0 Å². The van der Waals surface area contributed by atoms with E-state index in [1.165, 1.54) is 6.08 Å². The van der Waals surface area contributed by atoms with Crippen molar-refractivity contribution in [1.29, 1.82) is 0 Å². The molecule has 0 N–H and O–H groups in total. The molecule has 0 aliphatic heterocycles. The van der Waals surface area contributed by atoms with Crippen LogP contribution in [-0.4, -0.2) is 32.8 Å². The van der Waals surface area contributed by atoms with Crippen molar-refractivity contribution in [1.82, 2.24) is 19.9 Å². The number of benzene rings is 2. The van der Waals surface area contributed by atoms with Crippen LogP contribution in [0.1, 0.15) is 16.8 Å². The van der Waals surface area contributed by atoms with Crippen LogP contribution in [0, 0.1) is 0 Å². The van der Waals surface area contributed by atoms with Crippen molar-refractivity contribution < 1.29 is 4.79 Å². The van der Waals surface area contributed by atoms with E-state index in [1.54, 1.807) is 35.0 Å². The van der Waals surface area contributed by atoms with Crippen LogP contribution in [0.25, 0.3) is 6.08 Å². The average molecular weight is 401 g/mol. The number of halogens is 2. The Kier molecular flexibility index (Phi) is 6.27. The molecule has 0 bridgehead atoms. The summed E-state index contributed by atoms with van der Waals surface area (Å²) in [5, 5.41) is 9.09. The molecule has 7 heteroatoms. The van der Waals surface area contributed by atoms with Gasteiger partial charge in [-0.15, -0.1) is 5.10 Å². The molecular formula is C20H18Cl2N4O. The van der Waals surface area contributed by atoms with Gasteiger partial charge in [0, 0.05) is 19.7 Å². The number of aromatic nitrogens is 3. The zero-order chi connectivity index (χ0) is 19.2. The fourth-order valence-electron chi connectivity index (χ4n) is 2.53. The van der Waals surface area contributed by atoms with Gasteiger partial charge in [-0.1, -0.05) is 70.9 Å². The minimum Gasteiger partial charge on any atom is -0.338 e. The van der Waals surface area contributed by atoms with Crippen molar-refractivity contribution in [3.05, 3.63) is 87.7 Å². The predicted octanol–water partition coefficient (Wildman–Crippen LogP) is 4.31. The van der Waals surface area contributed by atoms with E-state index in [1.807, 2.05) is 42.5 Å². The van der Waals surface area contributed by atoms with Gasteiger partial charge in [-0.2, -0.15) is 0 Å². The largest absolute Gasteiger partial charge is 0.338 e. The molecule has 0 unspecified atom stereocenters. The molecule has 0 saturated heterocycles. The predicted molar refractivity (Wildman–Crippen MR) is 108 cm³/mol. The fourth-order valence-corrected chi connectivity index (χ4v) is 2.91. The Bertz CT molecular complexity index is 954. The lowest BCUT2D eigenvalue weighted by atomic mass is 10.2. The zero-order valence-corrected chi connectivity index (χ0v) is 16.2. The van der Waals surface area contributed by atoms with Gasteiger partial charge in [-0.3, -0.25) is 4.79 Å². The summed E-state index contributed by atoms with van der Waals surface area (Å²) in [5.74, 6) is -0.163. The summed E-state index contributed by atoms with van der Waals surface area (Å²) in [6.45, 7) is 0.992. The van der Waals surface area contributed by atoms with E-state index < -0.39 is 0 Å². The molecule has 5 nitrogen and oxygen atoms in total. The Labute approximate surface area is 167 Å². The van der Waals surface area contributed by atoms with Crippen LogP contribution in [0.15, 0.2) is 60.8 Å². The van der Waals surface area contributed by atoms with Crippen molar-refractivity contribution in [3.63, 3.8) is 0 Å². The first-order valence-corrected chi connectivity index (χ1v) is 9.08. The molecule has 2 aromatic carbocycles. The lowest BCUT2D eigenvalue weighted by Crippen LogP contribution is -2.24. The number of rotatable bonds is 6. The molecule has 0 aliphatic rings. The number of hydrogen-bond acceptors (Lipinski definition) is 3. The van der Waals surface area contributed by atoms with Crippen molar-refractivity contribution in [2.24, 2.45) is 0 Å². The van der Waals surface area contributed by atoms with E-state index in [0.29, 0.717) is 28.8 Å². The van der Waals surface area contributed by atoms with E-state index in [2.05, 4.69) is 10.3 Å². The van der Waals surface area contributed by atoms with Crippen molar-refractivity contribution >= 4 is 35.2 Å². The molecule has 0 saturated carbocycles. The van der Waals surface area contributed by atoms with Gasteiger partial charge in [-0.25, -0.2) is 4.68 Å². The molecule has 1 amide bonds. The summed E-state index contributed by atoms with van der Waals surface area (Å²) in [4.78, 5) is 13.9. The smallest absolute Gasteiger partial charge is 0.246 e. The Morgan fingerprint density at radius 2 is 1.93 bits per heavy atom. The highest BCUT2D eigenvalue weighted by Gasteiger charge is 2.10. The van der Waals surface area contributed by atoms with Crippen LogP contribution >= 0.6 is 23.2 Å². The highest BCUT2D eigenvalue weighted by Crippen LogP contribution is 2.26. The first-order valence-electron chi connectivity index (χ1n) is 8.33. The molecule has 3 rings (SSSR count). The quantitative estimate of drug-likeness (QED) is 0.579. The molecule has 1 aromatic heterocycles. The number of nitrogens with zero attached hydrogens (tertiary/aromatic N) is 4. The maximum absolute atomic E-state index is 12.3. The number of hydrogen-bond donors (Lipinski definition) is 0. The van der Waals surface area contributed by atoms with Crippen LogP contribution in [-0.2, 0) is 17.9 Å². The first kappa shape index (κ1) is 19.1. The number of likely N-dealkylation sites (N-methyl/N-ethyl adjacent to an activating group) is 1. The van der Waals surface area contributed by atoms with E-state index in [0.717, 1.165) is 11.1 Å². The molecule has 0 atom stereocenters. The van der Waals surface area contributed by atoms with Gasteiger partial charge in [-0.05, 0) is 23.3 Å². The molecular weight excluding hydrogens is 383 g/mol. The fraction of sp³-hybridized carbons (Fsp3) is 0.150. The van der Waals surface area contributed by atoms with Crippen molar-refractivity contribution in [2.75, 3.05) is 7.05 Å². The maximum Gasteiger partial charge on any atom is 0.246 e. The summed E-state index contributed by atoms with van der Waals surface area (Å²) in [7, 11) is 1.70. The van der Waals surface area contributed by atoms with Gasteiger partial charge >= 0.3 is 0 Å². The zero-order valence-electron chi connectivity index (χ0n) is 14.7. The van der Waals surface area contributed by atoms with Gasteiger partial charge in [0.1, 0.15) is 5.69 Å². The SMILES string of the molecule is CN(Cc1cccc(Cl)c1Cl)C(=O)/C=C/c1cn(Cc2ccccc2)nn1. The van der Waals surface area contributed by atoms with Crippen molar-refractivity contribution in [3.8, 4) is 0 Å². The van der Waals surface area contributed by atoms with Crippen LogP contribution in [0.4, 0.5) is 0 Å². The number of carbonyl (C=O) groups excluding carboxylic acids is 1. The molecule has 3 aromatic rings. The molecule has 0 fully saturated rings. The first-order chi connectivity index (χ1) is 13.0.